The summed E-state index contributed by atoms with van der Waals surface area (Å²) in [5, 5.41) is 2.70. The van der Waals surface area contributed by atoms with E-state index in [-0.39, 0.29) is 10.7 Å². The van der Waals surface area contributed by atoms with Crippen LogP contribution in [0.5, 0.6) is 0 Å². The molecule has 3 rings (SSSR count). The Hall–Kier alpha value is -2.73. The van der Waals surface area contributed by atoms with E-state index < -0.39 is 11.8 Å². The molecule has 1 N–H and O–H groups in total. The van der Waals surface area contributed by atoms with Gasteiger partial charge in [-0.2, -0.15) is 0 Å². The molecule has 2 heterocycles. The van der Waals surface area contributed by atoms with Gasteiger partial charge < -0.3 is 4.57 Å². The lowest BCUT2D eigenvalue weighted by Crippen LogP contribution is -2.54. The van der Waals surface area contributed by atoms with Crippen LogP contribution in [-0.2, 0) is 16.6 Å². The van der Waals surface area contributed by atoms with Gasteiger partial charge in [0.15, 0.2) is 5.11 Å². The first-order valence-electron chi connectivity index (χ1n) is 7.90. The van der Waals surface area contributed by atoms with E-state index >= 15 is 0 Å². The van der Waals surface area contributed by atoms with Crippen LogP contribution in [0.15, 0.2) is 35.9 Å². The Bertz CT molecular complexity index is 923. The first-order valence-corrected chi connectivity index (χ1v) is 8.31. The maximum absolute atomic E-state index is 12.9. The van der Waals surface area contributed by atoms with Crippen LogP contribution >= 0.6 is 12.2 Å². The molecule has 0 spiro atoms. The summed E-state index contributed by atoms with van der Waals surface area (Å²) in [4.78, 5) is 26.6. The highest BCUT2D eigenvalue weighted by molar-refractivity contribution is 7.80. The van der Waals surface area contributed by atoms with Crippen molar-refractivity contribution in [3.05, 3.63) is 58.4 Å². The van der Waals surface area contributed by atoms with Gasteiger partial charge in [-0.15, -0.1) is 0 Å². The third-order valence-corrected chi connectivity index (χ3v) is 4.79. The Labute approximate surface area is 151 Å². The zero-order valence-electron chi connectivity index (χ0n) is 14.6. The Morgan fingerprint density at radius 2 is 1.72 bits per heavy atom. The maximum atomic E-state index is 12.9. The largest absolute Gasteiger partial charge is 0.352 e. The maximum Gasteiger partial charge on any atom is 0.270 e. The first kappa shape index (κ1) is 17.1. The van der Waals surface area contributed by atoms with Crippen LogP contribution in [0.2, 0.25) is 0 Å². The number of nitrogens with zero attached hydrogens (tertiary/aromatic N) is 2. The van der Waals surface area contributed by atoms with E-state index in [1.165, 1.54) is 4.90 Å². The second kappa shape index (κ2) is 6.29. The summed E-state index contributed by atoms with van der Waals surface area (Å²) in [5.41, 5.74) is 4.67. The van der Waals surface area contributed by atoms with Gasteiger partial charge in [-0.1, -0.05) is 17.7 Å². The summed E-state index contributed by atoms with van der Waals surface area (Å²) in [6.45, 7) is 5.90. The van der Waals surface area contributed by atoms with Gasteiger partial charge in [0.2, 0.25) is 0 Å². The number of aromatic nitrogens is 1. The standard InChI is InChI=1S/C19H19N3O2S/c1-11-5-7-15(8-6-11)22-18(24)16(17(23)20-19(22)25)10-14-9-12(2)21(4)13(14)3/h5-10H,1-4H3,(H,20,23,25). The lowest BCUT2D eigenvalue weighted by atomic mass is 10.1. The van der Waals surface area contributed by atoms with Gasteiger partial charge in [-0.05, 0) is 62.8 Å². The highest BCUT2D eigenvalue weighted by atomic mass is 32.1. The minimum atomic E-state index is -0.473. The summed E-state index contributed by atoms with van der Waals surface area (Å²) < 4.78 is 2.01. The van der Waals surface area contributed by atoms with E-state index in [1.807, 2.05) is 62.7 Å². The number of carbonyl (C=O) groups is 2. The van der Waals surface area contributed by atoms with Crippen LogP contribution in [0.25, 0.3) is 6.08 Å². The highest BCUT2D eigenvalue weighted by Gasteiger charge is 2.34. The fraction of sp³-hybridized carbons (Fsp3) is 0.211. The Kier molecular flexibility index (Phi) is 4.30. The monoisotopic (exact) mass is 353 g/mol. The van der Waals surface area contributed by atoms with Crippen molar-refractivity contribution in [1.29, 1.82) is 0 Å². The van der Waals surface area contributed by atoms with Crippen LogP contribution in [0.3, 0.4) is 0 Å². The number of aryl methyl sites for hydroxylation is 2. The molecule has 0 unspecified atom stereocenters. The average molecular weight is 353 g/mol. The summed E-state index contributed by atoms with van der Waals surface area (Å²) in [5.74, 6) is -0.891. The normalized spacial score (nSPS) is 16.6. The quantitative estimate of drug-likeness (QED) is 0.513. The number of nitrogens with one attached hydrogen (secondary N) is 1. The molecule has 0 aliphatic carbocycles. The lowest BCUT2D eigenvalue weighted by Gasteiger charge is -2.29. The molecule has 2 aromatic rings. The van der Waals surface area contributed by atoms with Gasteiger partial charge in [0.25, 0.3) is 11.8 Å². The molecule has 1 aliphatic heterocycles. The summed E-state index contributed by atoms with van der Waals surface area (Å²) in [7, 11) is 1.95. The van der Waals surface area contributed by atoms with Crippen molar-refractivity contribution >= 4 is 40.9 Å². The molecule has 1 saturated heterocycles. The van der Waals surface area contributed by atoms with Gasteiger partial charge in [-0.3, -0.25) is 19.8 Å². The van der Waals surface area contributed by atoms with Crippen LogP contribution in [-0.4, -0.2) is 21.5 Å². The van der Waals surface area contributed by atoms with Crippen LogP contribution in [0.4, 0.5) is 5.69 Å². The van der Waals surface area contributed by atoms with Crippen molar-refractivity contribution in [3.63, 3.8) is 0 Å². The molecule has 2 amide bonds. The predicted molar refractivity (Wildman–Crippen MR) is 102 cm³/mol. The number of rotatable bonds is 2. The highest BCUT2D eigenvalue weighted by Crippen LogP contribution is 2.24. The van der Waals surface area contributed by atoms with E-state index in [4.69, 9.17) is 12.2 Å². The molecule has 0 saturated carbocycles. The smallest absolute Gasteiger partial charge is 0.270 e. The molecule has 5 nitrogen and oxygen atoms in total. The number of carbonyl (C=O) groups excluding carboxylic acids is 2. The Balaban J connectivity index is 2.05. The molecule has 1 aliphatic rings. The second-order valence-corrected chi connectivity index (χ2v) is 6.57. The molecule has 1 aromatic carbocycles. The third kappa shape index (κ3) is 3.00. The van der Waals surface area contributed by atoms with Crippen LogP contribution < -0.4 is 10.2 Å². The average Bonchev–Trinajstić information content (AvgIpc) is 2.80. The SMILES string of the molecule is Cc1ccc(N2C(=O)C(=Cc3cc(C)n(C)c3C)C(=O)NC2=S)cc1. The van der Waals surface area contributed by atoms with Crippen molar-refractivity contribution in [2.24, 2.45) is 7.05 Å². The number of thiocarbonyl (C=S) groups is 1. The Morgan fingerprint density at radius 3 is 2.28 bits per heavy atom. The molecule has 128 valence electrons. The molecule has 0 bridgehead atoms. The fourth-order valence-electron chi connectivity index (χ4n) is 2.77. The van der Waals surface area contributed by atoms with E-state index in [0.29, 0.717) is 5.69 Å². The van der Waals surface area contributed by atoms with Gasteiger partial charge in [-0.25, -0.2) is 0 Å². The van der Waals surface area contributed by atoms with Crippen molar-refractivity contribution in [1.82, 2.24) is 9.88 Å². The molecule has 6 heteroatoms. The summed E-state index contributed by atoms with van der Waals surface area (Å²) in [6, 6.07) is 9.37. The van der Waals surface area contributed by atoms with Gasteiger partial charge >= 0.3 is 0 Å². The number of hydrogen-bond donors (Lipinski definition) is 1. The molecule has 0 atom stereocenters. The zero-order valence-corrected chi connectivity index (χ0v) is 15.4. The Morgan fingerprint density at radius 1 is 1.08 bits per heavy atom. The molecule has 1 fully saturated rings. The van der Waals surface area contributed by atoms with Gasteiger partial charge in [0.05, 0.1) is 5.69 Å². The predicted octanol–water partition coefficient (Wildman–Crippen LogP) is 2.78. The van der Waals surface area contributed by atoms with Gasteiger partial charge in [0.1, 0.15) is 5.57 Å². The summed E-state index contributed by atoms with van der Waals surface area (Å²) in [6.07, 6.45) is 1.63. The number of hydrogen-bond acceptors (Lipinski definition) is 3. The molecule has 25 heavy (non-hydrogen) atoms. The number of amides is 2. The zero-order chi connectivity index (χ0) is 18.3. The molecule has 0 radical (unpaired) electrons. The van der Waals surface area contributed by atoms with Gasteiger partial charge in [0, 0.05) is 18.4 Å². The van der Waals surface area contributed by atoms with Crippen molar-refractivity contribution in [3.8, 4) is 0 Å². The van der Waals surface area contributed by atoms with Crippen molar-refractivity contribution in [2.45, 2.75) is 20.8 Å². The van der Waals surface area contributed by atoms with Crippen molar-refractivity contribution in [2.75, 3.05) is 4.90 Å². The van der Waals surface area contributed by atoms with E-state index in [0.717, 1.165) is 22.5 Å². The minimum Gasteiger partial charge on any atom is -0.352 e. The fourth-order valence-corrected chi connectivity index (χ4v) is 3.05. The minimum absolute atomic E-state index is 0.0721. The lowest BCUT2D eigenvalue weighted by molar-refractivity contribution is -0.122. The van der Waals surface area contributed by atoms with E-state index in [2.05, 4.69) is 5.32 Å². The van der Waals surface area contributed by atoms with E-state index in [1.54, 1.807) is 6.08 Å². The topological polar surface area (TPSA) is 54.3 Å². The third-order valence-electron chi connectivity index (χ3n) is 4.51. The molecular weight excluding hydrogens is 334 g/mol. The van der Waals surface area contributed by atoms with Crippen molar-refractivity contribution < 1.29 is 9.59 Å². The summed E-state index contributed by atoms with van der Waals surface area (Å²) >= 11 is 5.21. The first-order chi connectivity index (χ1) is 11.8. The van der Waals surface area contributed by atoms with Crippen LogP contribution in [0.1, 0.15) is 22.5 Å². The van der Waals surface area contributed by atoms with E-state index in [9.17, 15) is 9.59 Å². The second-order valence-electron chi connectivity index (χ2n) is 6.18. The number of anilines is 1. The molecule has 1 aromatic heterocycles. The van der Waals surface area contributed by atoms with Crippen LogP contribution in [0, 0.1) is 20.8 Å². The number of benzene rings is 1. The molecular formula is C19H19N3O2S.